The molecule has 5 nitrogen and oxygen atoms in total. The lowest BCUT2D eigenvalue weighted by Crippen LogP contribution is -2.14. The number of hydrogen-bond acceptors (Lipinski definition) is 4. The second-order valence-corrected chi connectivity index (χ2v) is 17.9. The Hall–Kier alpha value is -4.89. The zero-order chi connectivity index (χ0) is 38.9. The van der Waals surface area contributed by atoms with Crippen molar-refractivity contribution in [1.82, 2.24) is 4.98 Å². The van der Waals surface area contributed by atoms with E-state index in [2.05, 4.69) is 95.9 Å². The summed E-state index contributed by atoms with van der Waals surface area (Å²) in [6.45, 7) is 15.2. The van der Waals surface area contributed by atoms with Crippen LogP contribution in [0, 0.1) is 24.2 Å². The molecule has 0 amide bonds. The topological polar surface area (TPSA) is 70.4 Å². The zero-order valence-electron chi connectivity index (χ0n) is 33.7. The highest BCUT2D eigenvalue weighted by atomic mass is 19.1. The molecular formula is C49H56FN3O2. The van der Waals surface area contributed by atoms with Crippen molar-refractivity contribution in [1.29, 1.82) is 5.26 Å². The van der Waals surface area contributed by atoms with E-state index in [0.717, 1.165) is 85.7 Å². The minimum Gasteiger partial charge on any atom is -0.440 e. The van der Waals surface area contributed by atoms with E-state index in [0.29, 0.717) is 34.2 Å². The number of halogens is 1. The summed E-state index contributed by atoms with van der Waals surface area (Å²) in [5.41, 5.74) is 8.60. The molecule has 6 heteroatoms. The number of aliphatic imine (C=N–C) groups is 1. The highest BCUT2D eigenvalue weighted by molar-refractivity contribution is 6.02. The first-order valence-electron chi connectivity index (χ1n) is 20.4. The largest absolute Gasteiger partial charge is 0.440 e. The van der Waals surface area contributed by atoms with Gasteiger partial charge < -0.3 is 14.5 Å². The predicted molar refractivity (Wildman–Crippen MR) is 222 cm³/mol. The molecule has 7 rings (SSSR count). The van der Waals surface area contributed by atoms with Crippen molar-refractivity contribution in [2.75, 3.05) is 0 Å². The average Bonchev–Trinajstić information content (AvgIpc) is 3.69. The van der Waals surface area contributed by atoms with Crippen LogP contribution in [0.25, 0.3) is 5.57 Å². The minimum absolute atomic E-state index is 0.00169. The number of nitriles is 1. The van der Waals surface area contributed by atoms with E-state index >= 15 is 4.39 Å². The molecule has 3 aromatic carbocycles. The van der Waals surface area contributed by atoms with E-state index in [9.17, 15) is 5.26 Å². The van der Waals surface area contributed by atoms with Crippen molar-refractivity contribution < 1.29 is 13.9 Å². The molecule has 2 aliphatic carbocycles. The number of hydrogen-bond donors (Lipinski definition) is 1. The summed E-state index contributed by atoms with van der Waals surface area (Å²) in [5, 5.41) is 10.9. The number of benzene rings is 3. The van der Waals surface area contributed by atoms with Crippen molar-refractivity contribution in [3.05, 3.63) is 129 Å². The Morgan fingerprint density at radius 2 is 1.22 bits per heavy atom. The van der Waals surface area contributed by atoms with Gasteiger partial charge in [-0.25, -0.2) is 9.38 Å². The fraction of sp³-hybridized carbons (Fsp3) is 0.429. The van der Waals surface area contributed by atoms with Crippen LogP contribution in [0.1, 0.15) is 151 Å². The van der Waals surface area contributed by atoms with Crippen LogP contribution in [-0.4, -0.2) is 10.9 Å². The molecule has 1 aromatic heterocycles. The van der Waals surface area contributed by atoms with Gasteiger partial charge in [0.05, 0.1) is 11.4 Å². The van der Waals surface area contributed by atoms with Crippen LogP contribution in [0.4, 0.5) is 4.39 Å². The molecule has 1 aliphatic heterocycles. The molecule has 4 aromatic rings. The number of aryl methyl sites for hydroxylation is 1. The van der Waals surface area contributed by atoms with E-state index < -0.39 is 5.83 Å². The van der Waals surface area contributed by atoms with Crippen LogP contribution in [0.3, 0.4) is 0 Å². The monoisotopic (exact) mass is 737 g/mol. The van der Waals surface area contributed by atoms with Crippen molar-refractivity contribution in [3.8, 4) is 23.4 Å². The summed E-state index contributed by atoms with van der Waals surface area (Å²) in [6.07, 6.45) is 10.3. The fourth-order valence-electron chi connectivity index (χ4n) is 8.52. The van der Waals surface area contributed by atoms with Crippen LogP contribution < -0.4 is 9.47 Å². The number of ether oxygens (including phenoxy) is 2. The zero-order valence-corrected chi connectivity index (χ0v) is 33.7. The number of nitrogens with one attached hydrogen (secondary N) is 1. The molecule has 0 spiro atoms. The maximum absolute atomic E-state index is 17.2. The number of nitrogens with zero attached hydrogens (tertiary/aromatic N) is 2. The van der Waals surface area contributed by atoms with Crippen LogP contribution in [0.2, 0.25) is 0 Å². The normalized spacial score (nSPS) is 18.3. The Morgan fingerprint density at radius 3 is 1.73 bits per heavy atom. The Labute approximate surface area is 327 Å². The summed E-state index contributed by atoms with van der Waals surface area (Å²) in [4.78, 5) is 8.76. The number of aromatic amines is 1. The van der Waals surface area contributed by atoms with Gasteiger partial charge in [-0.2, -0.15) is 5.26 Å². The second-order valence-electron chi connectivity index (χ2n) is 17.9. The van der Waals surface area contributed by atoms with Crippen molar-refractivity contribution in [2.45, 2.75) is 129 Å². The van der Waals surface area contributed by atoms with E-state index in [1.54, 1.807) is 0 Å². The average molecular weight is 738 g/mol. The van der Waals surface area contributed by atoms with Crippen LogP contribution in [0.15, 0.2) is 94.9 Å². The number of H-pyrrole nitrogens is 1. The van der Waals surface area contributed by atoms with Gasteiger partial charge >= 0.3 is 0 Å². The third-order valence-electron chi connectivity index (χ3n) is 11.7. The molecule has 3 aliphatic rings. The van der Waals surface area contributed by atoms with Gasteiger partial charge in [-0.05, 0) is 96.2 Å². The van der Waals surface area contributed by atoms with Gasteiger partial charge in [0.25, 0.3) is 5.90 Å². The number of aromatic nitrogens is 1. The third-order valence-corrected chi connectivity index (χ3v) is 11.7. The molecule has 0 unspecified atom stereocenters. The third kappa shape index (κ3) is 8.23. The van der Waals surface area contributed by atoms with Crippen molar-refractivity contribution in [3.63, 3.8) is 0 Å². The Bertz CT molecular complexity index is 2140. The van der Waals surface area contributed by atoms with Crippen molar-refractivity contribution >= 4 is 11.5 Å². The minimum atomic E-state index is -0.395. The molecule has 2 fully saturated rings. The molecule has 2 saturated carbocycles. The molecule has 0 atom stereocenters. The van der Waals surface area contributed by atoms with Gasteiger partial charge in [0.15, 0.2) is 5.83 Å². The number of rotatable bonds is 7. The molecular weight excluding hydrogens is 682 g/mol. The van der Waals surface area contributed by atoms with E-state index in [4.69, 9.17) is 14.5 Å². The Balaban J connectivity index is 1.44. The Kier molecular flexibility index (Phi) is 11.0. The molecule has 0 radical (unpaired) electrons. The summed E-state index contributed by atoms with van der Waals surface area (Å²) in [7, 11) is 0. The molecule has 55 heavy (non-hydrogen) atoms. The number of allylic oxidation sites excluding steroid dienone is 1. The predicted octanol–water partition coefficient (Wildman–Crippen LogP) is 13.7. The summed E-state index contributed by atoms with van der Waals surface area (Å²) >= 11 is 0. The van der Waals surface area contributed by atoms with Gasteiger partial charge in [0.1, 0.15) is 23.1 Å². The maximum atomic E-state index is 17.2. The molecule has 0 bridgehead atoms. The van der Waals surface area contributed by atoms with E-state index in [-0.39, 0.29) is 28.6 Å². The highest BCUT2D eigenvalue weighted by Gasteiger charge is 2.38. The molecule has 2 heterocycles. The fourth-order valence-corrected chi connectivity index (χ4v) is 8.52. The first-order chi connectivity index (χ1) is 26.3. The quantitative estimate of drug-likeness (QED) is 0.205. The lowest BCUT2D eigenvalue weighted by molar-refractivity contribution is 0.399. The Morgan fingerprint density at radius 1 is 0.709 bits per heavy atom. The van der Waals surface area contributed by atoms with Crippen LogP contribution in [-0.2, 0) is 10.8 Å². The van der Waals surface area contributed by atoms with E-state index in [1.807, 2.05) is 36.4 Å². The highest BCUT2D eigenvalue weighted by Crippen LogP contribution is 2.49. The van der Waals surface area contributed by atoms with Gasteiger partial charge in [0.2, 0.25) is 5.88 Å². The molecule has 1 N–H and O–H groups in total. The van der Waals surface area contributed by atoms with Crippen LogP contribution in [0.5, 0.6) is 17.4 Å². The first-order valence-corrected chi connectivity index (χ1v) is 20.4. The SMILES string of the molecule is Cc1ccc(C(=C2N=C(Oc3ccc(C(C)(C)C)cc3)C(F)=C2C2CCCCC2)c2[nH]c(Oc3ccc(C(C)(C)C)cc3)c(C#N)c2C2CCCCC2)cc1. The van der Waals surface area contributed by atoms with Gasteiger partial charge in [0, 0.05) is 16.7 Å². The molecule has 286 valence electrons. The summed E-state index contributed by atoms with van der Waals surface area (Å²) in [5.74, 6) is 1.35. The second kappa shape index (κ2) is 15.7. The standard InChI is InChI=1S/C49H56FN3O2/c1-31-18-20-34(21-19-31)42(45-41(33-16-12-9-13-17-33)43(50)47(53-45)55-38-28-24-36(25-29-38)49(5,6)7)44-40(32-14-10-8-11-15-32)39(30-51)46(52-44)54-37-26-22-35(23-27-37)48(2,3)4/h18-29,32-33,52H,8-17H2,1-7H3. The van der Waals surface area contributed by atoms with Gasteiger partial charge in [-0.3, -0.25) is 0 Å². The van der Waals surface area contributed by atoms with Gasteiger partial charge in [-0.1, -0.05) is 134 Å². The molecule has 0 saturated heterocycles. The van der Waals surface area contributed by atoms with Gasteiger partial charge in [-0.15, -0.1) is 0 Å². The summed E-state index contributed by atoms with van der Waals surface area (Å²) < 4.78 is 30.2. The van der Waals surface area contributed by atoms with Crippen LogP contribution >= 0.6 is 0 Å². The lowest BCUT2D eigenvalue weighted by Gasteiger charge is -2.26. The maximum Gasteiger partial charge on any atom is 0.256 e. The smallest absolute Gasteiger partial charge is 0.256 e. The van der Waals surface area contributed by atoms with E-state index in [1.165, 1.54) is 17.5 Å². The first kappa shape index (κ1) is 38.4. The lowest BCUT2D eigenvalue weighted by atomic mass is 9.78. The summed E-state index contributed by atoms with van der Waals surface area (Å²) in [6, 6.07) is 26.9. The van der Waals surface area contributed by atoms with Crippen molar-refractivity contribution in [2.24, 2.45) is 10.9 Å².